The van der Waals surface area contributed by atoms with Crippen molar-refractivity contribution in [3.05, 3.63) is 6.42 Å². The van der Waals surface area contributed by atoms with Crippen molar-refractivity contribution in [2.24, 2.45) is 11.5 Å². The normalized spacial score (nSPS) is 23.7. The predicted molar refractivity (Wildman–Crippen MR) is 45.1 cm³/mol. The van der Waals surface area contributed by atoms with Gasteiger partial charge in [0.15, 0.2) is 5.96 Å². The number of carbonyl (C=O) groups excluding carboxylic acids is 1. The molecule has 12 heavy (non-hydrogen) atoms. The van der Waals surface area contributed by atoms with Gasteiger partial charge in [0, 0.05) is 6.54 Å². The minimum Gasteiger partial charge on any atom is -0.370 e. The lowest BCUT2D eigenvalue weighted by Gasteiger charge is -2.33. The van der Waals surface area contributed by atoms with Crippen LogP contribution in [0.4, 0.5) is 0 Å². The second-order valence-corrected chi connectivity index (χ2v) is 2.81. The fourth-order valence-corrected chi connectivity index (χ4v) is 1.35. The highest BCUT2D eigenvalue weighted by atomic mass is 16.1. The second-order valence-electron chi connectivity index (χ2n) is 2.81. The highest BCUT2D eigenvalue weighted by Gasteiger charge is 2.27. The summed E-state index contributed by atoms with van der Waals surface area (Å²) < 4.78 is 0. The van der Waals surface area contributed by atoms with E-state index in [1.54, 1.807) is 0 Å². The van der Waals surface area contributed by atoms with E-state index in [9.17, 15) is 4.79 Å². The van der Waals surface area contributed by atoms with E-state index in [-0.39, 0.29) is 5.96 Å². The van der Waals surface area contributed by atoms with Gasteiger partial charge in [0.05, 0.1) is 0 Å². The van der Waals surface area contributed by atoms with E-state index in [1.165, 1.54) is 4.90 Å². The Labute approximate surface area is 71.2 Å². The zero-order valence-corrected chi connectivity index (χ0v) is 6.79. The van der Waals surface area contributed by atoms with Gasteiger partial charge in [0.1, 0.15) is 6.04 Å². The summed E-state index contributed by atoms with van der Waals surface area (Å²) in [6, 6.07) is -0.420. The van der Waals surface area contributed by atoms with E-state index in [2.05, 4.69) is 0 Å². The van der Waals surface area contributed by atoms with Gasteiger partial charge < -0.3 is 16.4 Å². The summed E-state index contributed by atoms with van der Waals surface area (Å²) in [5, 5.41) is 7.19. The summed E-state index contributed by atoms with van der Waals surface area (Å²) in [6.45, 7) is 0.614. The molecule has 1 fully saturated rings. The Morgan fingerprint density at radius 2 is 2.25 bits per heavy atom. The second kappa shape index (κ2) is 3.42. The number of nitrogens with one attached hydrogen (secondary N) is 1. The van der Waals surface area contributed by atoms with Crippen LogP contribution in [0, 0.1) is 11.8 Å². The van der Waals surface area contributed by atoms with Gasteiger partial charge in [0.2, 0.25) is 5.91 Å². The molecule has 1 aliphatic heterocycles. The van der Waals surface area contributed by atoms with Gasteiger partial charge in [-0.1, -0.05) is 0 Å². The van der Waals surface area contributed by atoms with Gasteiger partial charge >= 0.3 is 0 Å². The summed E-state index contributed by atoms with van der Waals surface area (Å²) in [4.78, 5) is 12.4. The molecule has 1 heterocycles. The van der Waals surface area contributed by atoms with Crippen LogP contribution >= 0.6 is 0 Å². The van der Waals surface area contributed by atoms with Crippen LogP contribution in [0.5, 0.6) is 0 Å². The van der Waals surface area contributed by atoms with E-state index in [0.717, 1.165) is 6.42 Å². The van der Waals surface area contributed by atoms with Gasteiger partial charge in [-0.2, -0.15) is 0 Å². The van der Waals surface area contributed by atoms with Crippen molar-refractivity contribution in [2.75, 3.05) is 6.54 Å². The number of hydrogen-bond donors (Lipinski definition) is 3. The fraction of sp³-hybridized carbons (Fsp3) is 0.571. The van der Waals surface area contributed by atoms with E-state index < -0.39 is 11.9 Å². The van der Waals surface area contributed by atoms with Gasteiger partial charge in [0.25, 0.3) is 0 Å². The van der Waals surface area contributed by atoms with E-state index >= 15 is 0 Å². The van der Waals surface area contributed by atoms with E-state index in [1.807, 2.05) is 6.42 Å². The zero-order chi connectivity index (χ0) is 9.14. The lowest BCUT2D eigenvalue weighted by molar-refractivity contribution is -0.122. The molecule has 0 spiro atoms. The van der Waals surface area contributed by atoms with Crippen LogP contribution in [0.25, 0.3) is 0 Å². The molecule has 67 valence electrons. The Morgan fingerprint density at radius 1 is 1.58 bits per heavy atom. The average molecular weight is 169 g/mol. The Kier molecular flexibility index (Phi) is 2.52. The van der Waals surface area contributed by atoms with Crippen LogP contribution in [0.1, 0.15) is 12.8 Å². The van der Waals surface area contributed by atoms with Crippen molar-refractivity contribution in [2.45, 2.75) is 18.9 Å². The molecule has 1 aliphatic rings. The van der Waals surface area contributed by atoms with Crippen molar-refractivity contribution >= 4 is 11.9 Å². The van der Waals surface area contributed by atoms with Crippen LogP contribution in [0.2, 0.25) is 0 Å². The van der Waals surface area contributed by atoms with Gasteiger partial charge in [-0.05, 0) is 19.3 Å². The zero-order valence-electron chi connectivity index (χ0n) is 6.79. The maximum atomic E-state index is 10.9. The third-order valence-electron chi connectivity index (χ3n) is 1.98. The van der Waals surface area contributed by atoms with Crippen molar-refractivity contribution in [3.8, 4) is 0 Å². The summed E-state index contributed by atoms with van der Waals surface area (Å²) in [7, 11) is 0. The number of guanidine groups is 1. The Balaban J connectivity index is 2.67. The van der Waals surface area contributed by atoms with E-state index in [4.69, 9.17) is 16.9 Å². The smallest absolute Gasteiger partial charge is 0.240 e. The summed E-state index contributed by atoms with van der Waals surface area (Å²) >= 11 is 0. The molecule has 5 N–H and O–H groups in total. The van der Waals surface area contributed by atoms with Crippen LogP contribution in [-0.4, -0.2) is 29.4 Å². The molecule has 0 aromatic rings. The number of nitrogens with two attached hydrogens (primary N) is 2. The first kappa shape index (κ1) is 8.83. The molecule has 1 radical (unpaired) electrons. The molecule has 1 atom stereocenters. The van der Waals surface area contributed by atoms with Crippen LogP contribution in [-0.2, 0) is 4.79 Å². The first-order valence-corrected chi connectivity index (χ1v) is 3.84. The molecule has 1 rings (SSSR count). The monoisotopic (exact) mass is 169 g/mol. The maximum Gasteiger partial charge on any atom is 0.240 e. The van der Waals surface area contributed by atoms with Crippen molar-refractivity contribution in [3.63, 3.8) is 0 Å². The summed E-state index contributed by atoms with van der Waals surface area (Å²) in [5.41, 5.74) is 10.4. The third kappa shape index (κ3) is 1.66. The van der Waals surface area contributed by atoms with Gasteiger partial charge in [-0.25, -0.2) is 0 Å². The summed E-state index contributed by atoms with van der Waals surface area (Å²) in [6.07, 6.45) is 3.44. The predicted octanol–water partition coefficient (Wildman–Crippen LogP) is -0.966. The van der Waals surface area contributed by atoms with Gasteiger partial charge in [-0.15, -0.1) is 0 Å². The van der Waals surface area contributed by atoms with Crippen molar-refractivity contribution in [1.29, 1.82) is 5.41 Å². The molecule has 0 aromatic carbocycles. The third-order valence-corrected chi connectivity index (χ3v) is 1.98. The van der Waals surface area contributed by atoms with E-state index in [0.29, 0.717) is 13.0 Å². The van der Waals surface area contributed by atoms with Crippen LogP contribution in [0.15, 0.2) is 0 Å². The molecule has 1 unspecified atom stereocenters. The van der Waals surface area contributed by atoms with Crippen molar-refractivity contribution in [1.82, 2.24) is 4.90 Å². The molecule has 0 saturated carbocycles. The minimum atomic E-state index is -0.420. The molecular weight excluding hydrogens is 156 g/mol. The molecule has 5 nitrogen and oxygen atoms in total. The first-order chi connectivity index (χ1) is 5.63. The minimum absolute atomic E-state index is 0.0769. The molecule has 0 bridgehead atoms. The number of amides is 1. The first-order valence-electron chi connectivity index (χ1n) is 3.84. The van der Waals surface area contributed by atoms with Crippen LogP contribution < -0.4 is 11.5 Å². The number of primary amides is 1. The summed E-state index contributed by atoms with van der Waals surface area (Å²) in [5.74, 6) is -0.493. The molecule has 5 heteroatoms. The van der Waals surface area contributed by atoms with Gasteiger partial charge in [-0.3, -0.25) is 10.2 Å². The quantitative estimate of drug-likeness (QED) is 0.348. The lowest BCUT2D eigenvalue weighted by atomic mass is 10.0. The van der Waals surface area contributed by atoms with Crippen LogP contribution in [0.3, 0.4) is 0 Å². The Morgan fingerprint density at radius 3 is 2.67 bits per heavy atom. The molecule has 1 amide bonds. The molecule has 0 aliphatic carbocycles. The number of carbonyl (C=O) groups is 1. The largest absolute Gasteiger partial charge is 0.370 e. The number of piperidine rings is 1. The highest BCUT2D eigenvalue weighted by Crippen LogP contribution is 2.14. The number of hydrogen-bond acceptors (Lipinski definition) is 2. The SMILES string of the molecule is N=C(N)N1CC[CH]CC1C(N)=O. The molecular formula is C7H13N4O. The average Bonchev–Trinajstić information content (AvgIpc) is 2.04. The van der Waals surface area contributed by atoms with Crippen molar-refractivity contribution < 1.29 is 4.79 Å². The lowest BCUT2D eigenvalue weighted by Crippen LogP contribution is -2.52. The fourth-order valence-electron chi connectivity index (χ4n) is 1.35. The number of rotatable bonds is 1. The molecule has 0 aromatic heterocycles. The Hall–Kier alpha value is -1.26. The number of likely N-dealkylation sites (tertiary alicyclic amines) is 1. The number of nitrogens with zero attached hydrogens (tertiary/aromatic N) is 1. The highest BCUT2D eigenvalue weighted by molar-refractivity contribution is 5.86. The standard InChI is InChI=1S/C7H13N4O/c8-6(12)5-3-1-2-4-11(5)7(9)10/h1,5H,2-4H2,(H2,8,12)(H3,9,10). The maximum absolute atomic E-state index is 10.9. The topological polar surface area (TPSA) is 96.2 Å². The molecule has 1 saturated heterocycles. The Bertz CT molecular complexity index is 182.